The van der Waals surface area contributed by atoms with Crippen molar-refractivity contribution in [1.82, 2.24) is 10.2 Å². The van der Waals surface area contributed by atoms with E-state index >= 15 is 0 Å². The van der Waals surface area contributed by atoms with E-state index in [1.807, 2.05) is 30.3 Å². The number of nitrogens with one attached hydrogen (secondary N) is 1. The molecule has 5 heteroatoms. The second kappa shape index (κ2) is 4.81. The number of hydrogen-bond donors (Lipinski definition) is 2. The van der Waals surface area contributed by atoms with Gasteiger partial charge in [-0.25, -0.2) is 4.79 Å². The second-order valence-corrected chi connectivity index (χ2v) is 5.64. The Morgan fingerprint density at radius 3 is 2.80 bits per heavy atom. The van der Waals surface area contributed by atoms with Gasteiger partial charge in [0.1, 0.15) is 0 Å². The fraction of sp³-hybridized carbons (Fsp3) is 0.467. The Balaban J connectivity index is 1.95. The highest BCUT2D eigenvalue weighted by Gasteiger charge is 2.53. The molecule has 1 aromatic rings. The van der Waals surface area contributed by atoms with Crippen LogP contribution in [-0.4, -0.2) is 41.6 Å². The number of carbonyl (C=O) groups is 2. The minimum absolute atomic E-state index is 0.00250. The summed E-state index contributed by atoms with van der Waals surface area (Å²) in [6.07, 6.45) is 0.557. The molecule has 2 heterocycles. The van der Waals surface area contributed by atoms with Crippen LogP contribution in [0.2, 0.25) is 0 Å². The van der Waals surface area contributed by atoms with Gasteiger partial charge in [0.15, 0.2) is 0 Å². The van der Waals surface area contributed by atoms with Crippen molar-refractivity contribution in [3.05, 3.63) is 35.9 Å². The Hall–Kier alpha value is -2.04. The van der Waals surface area contributed by atoms with Crippen LogP contribution in [0.4, 0.5) is 4.79 Å². The Labute approximate surface area is 117 Å². The summed E-state index contributed by atoms with van der Waals surface area (Å²) in [6, 6.07) is 9.91. The van der Waals surface area contributed by atoms with Crippen molar-refractivity contribution in [3.8, 4) is 0 Å². The van der Waals surface area contributed by atoms with Gasteiger partial charge in [-0.3, -0.25) is 4.79 Å². The predicted octanol–water partition coefficient (Wildman–Crippen LogP) is 1.66. The molecule has 2 aliphatic rings. The summed E-state index contributed by atoms with van der Waals surface area (Å²) in [5, 5.41) is 12.1. The summed E-state index contributed by atoms with van der Waals surface area (Å²) < 4.78 is 0. The van der Waals surface area contributed by atoms with Crippen molar-refractivity contribution in [3.63, 3.8) is 0 Å². The first-order valence-corrected chi connectivity index (χ1v) is 6.94. The van der Waals surface area contributed by atoms with E-state index in [0.717, 1.165) is 18.4 Å². The third-order valence-corrected chi connectivity index (χ3v) is 4.58. The first kappa shape index (κ1) is 13.0. The van der Waals surface area contributed by atoms with Gasteiger partial charge in [0.25, 0.3) is 0 Å². The molecule has 2 atom stereocenters. The standard InChI is InChI=1S/C15H18N2O3/c18-13-15(7-4-8-17(10-15)14(19)20)12(9-16-13)11-5-2-1-3-6-11/h1-3,5-6,12H,4,7-10H2,(H,16,18)(H,19,20). The van der Waals surface area contributed by atoms with E-state index in [2.05, 4.69) is 5.32 Å². The molecule has 2 fully saturated rings. The highest BCUT2D eigenvalue weighted by Crippen LogP contribution is 2.46. The van der Waals surface area contributed by atoms with Gasteiger partial charge in [0, 0.05) is 25.6 Å². The average Bonchev–Trinajstić information content (AvgIpc) is 2.77. The maximum absolute atomic E-state index is 12.4. The molecular weight excluding hydrogens is 256 g/mol. The van der Waals surface area contributed by atoms with E-state index in [-0.39, 0.29) is 11.8 Å². The highest BCUT2D eigenvalue weighted by atomic mass is 16.4. The number of piperidine rings is 1. The topological polar surface area (TPSA) is 69.6 Å². The lowest BCUT2D eigenvalue weighted by molar-refractivity contribution is -0.130. The minimum Gasteiger partial charge on any atom is -0.465 e. The minimum atomic E-state index is -0.935. The molecule has 2 unspecified atom stereocenters. The fourth-order valence-electron chi connectivity index (χ4n) is 3.56. The summed E-state index contributed by atoms with van der Waals surface area (Å²) >= 11 is 0. The molecule has 2 saturated heterocycles. The van der Waals surface area contributed by atoms with Crippen molar-refractivity contribution >= 4 is 12.0 Å². The normalized spacial score (nSPS) is 29.5. The molecule has 2 aliphatic heterocycles. The second-order valence-electron chi connectivity index (χ2n) is 5.64. The van der Waals surface area contributed by atoms with Crippen molar-refractivity contribution in [2.75, 3.05) is 19.6 Å². The van der Waals surface area contributed by atoms with Gasteiger partial charge in [-0.2, -0.15) is 0 Å². The first-order valence-electron chi connectivity index (χ1n) is 6.94. The average molecular weight is 274 g/mol. The van der Waals surface area contributed by atoms with Crippen LogP contribution < -0.4 is 5.32 Å². The van der Waals surface area contributed by atoms with Crippen LogP contribution in [0.15, 0.2) is 30.3 Å². The molecule has 0 saturated carbocycles. The van der Waals surface area contributed by atoms with Crippen molar-refractivity contribution in [2.45, 2.75) is 18.8 Å². The molecule has 1 aromatic carbocycles. The summed E-state index contributed by atoms with van der Waals surface area (Å²) in [5.74, 6) is 0.0515. The predicted molar refractivity (Wildman–Crippen MR) is 73.5 cm³/mol. The van der Waals surface area contributed by atoms with E-state index in [4.69, 9.17) is 0 Å². The fourth-order valence-corrected chi connectivity index (χ4v) is 3.56. The zero-order chi connectivity index (χ0) is 14.2. The Bertz CT molecular complexity index is 531. The third kappa shape index (κ3) is 1.94. The number of rotatable bonds is 1. The van der Waals surface area contributed by atoms with Crippen LogP contribution in [0.25, 0.3) is 0 Å². The first-order chi connectivity index (χ1) is 9.63. The zero-order valence-corrected chi connectivity index (χ0v) is 11.2. The van der Waals surface area contributed by atoms with Crippen LogP contribution in [-0.2, 0) is 4.79 Å². The number of likely N-dealkylation sites (tertiary alicyclic amines) is 1. The molecule has 3 rings (SSSR count). The van der Waals surface area contributed by atoms with Crippen molar-refractivity contribution in [1.29, 1.82) is 0 Å². The van der Waals surface area contributed by atoms with E-state index in [1.54, 1.807) is 0 Å². The van der Waals surface area contributed by atoms with Gasteiger partial charge in [-0.1, -0.05) is 30.3 Å². The number of hydrogen-bond acceptors (Lipinski definition) is 2. The maximum Gasteiger partial charge on any atom is 0.407 e. The van der Waals surface area contributed by atoms with Crippen LogP contribution in [0, 0.1) is 5.41 Å². The highest BCUT2D eigenvalue weighted by molar-refractivity contribution is 5.87. The van der Waals surface area contributed by atoms with E-state index < -0.39 is 11.5 Å². The number of amides is 2. The zero-order valence-electron chi connectivity index (χ0n) is 11.2. The molecule has 0 bridgehead atoms. The van der Waals surface area contributed by atoms with Crippen LogP contribution in [0.3, 0.4) is 0 Å². The Morgan fingerprint density at radius 1 is 1.35 bits per heavy atom. The molecule has 2 amide bonds. The van der Waals surface area contributed by atoms with Crippen molar-refractivity contribution < 1.29 is 14.7 Å². The number of benzene rings is 1. The monoisotopic (exact) mass is 274 g/mol. The molecule has 1 spiro atoms. The lowest BCUT2D eigenvalue weighted by Crippen LogP contribution is -2.51. The smallest absolute Gasteiger partial charge is 0.407 e. The van der Waals surface area contributed by atoms with E-state index in [1.165, 1.54) is 4.90 Å². The lowest BCUT2D eigenvalue weighted by atomic mass is 9.69. The maximum atomic E-state index is 12.4. The summed E-state index contributed by atoms with van der Waals surface area (Å²) in [7, 11) is 0. The number of nitrogens with zero attached hydrogens (tertiary/aromatic N) is 1. The van der Waals surface area contributed by atoms with Gasteiger partial charge in [-0.15, -0.1) is 0 Å². The summed E-state index contributed by atoms with van der Waals surface area (Å²) in [6.45, 7) is 1.41. The van der Waals surface area contributed by atoms with Gasteiger partial charge in [0.2, 0.25) is 5.91 Å². The van der Waals surface area contributed by atoms with Crippen LogP contribution in [0.1, 0.15) is 24.3 Å². The molecule has 2 N–H and O–H groups in total. The number of carbonyl (C=O) groups excluding carboxylic acids is 1. The summed E-state index contributed by atoms with van der Waals surface area (Å²) in [5.41, 5.74) is 0.510. The molecular formula is C15H18N2O3. The van der Waals surface area contributed by atoms with Crippen molar-refractivity contribution in [2.24, 2.45) is 5.41 Å². The largest absolute Gasteiger partial charge is 0.465 e. The Morgan fingerprint density at radius 2 is 2.10 bits per heavy atom. The molecule has 5 nitrogen and oxygen atoms in total. The molecule has 0 aromatic heterocycles. The molecule has 20 heavy (non-hydrogen) atoms. The van der Waals surface area contributed by atoms with Gasteiger partial charge in [0.05, 0.1) is 5.41 Å². The quantitative estimate of drug-likeness (QED) is 0.818. The molecule has 0 radical (unpaired) electrons. The SMILES string of the molecule is O=C(O)N1CCCC2(C1)C(=O)NCC2c1ccccc1. The molecule has 0 aliphatic carbocycles. The number of carboxylic acid groups (broad SMARTS) is 1. The van der Waals surface area contributed by atoms with Gasteiger partial charge < -0.3 is 15.3 Å². The van der Waals surface area contributed by atoms with Crippen LogP contribution in [0.5, 0.6) is 0 Å². The molecule has 106 valence electrons. The lowest BCUT2D eigenvalue weighted by Gasteiger charge is -2.40. The summed E-state index contributed by atoms with van der Waals surface area (Å²) in [4.78, 5) is 25.0. The van der Waals surface area contributed by atoms with E-state index in [9.17, 15) is 14.7 Å². The van der Waals surface area contributed by atoms with Gasteiger partial charge >= 0.3 is 6.09 Å². The van der Waals surface area contributed by atoms with Crippen LogP contribution >= 0.6 is 0 Å². The Kier molecular flexibility index (Phi) is 3.12. The van der Waals surface area contributed by atoms with E-state index in [0.29, 0.717) is 19.6 Å². The third-order valence-electron chi connectivity index (χ3n) is 4.58. The van der Waals surface area contributed by atoms with Gasteiger partial charge in [-0.05, 0) is 18.4 Å².